The van der Waals surface area contributed by atoms with Crippen molar-refractivity contribution in [2.24, 2.45) is 0 Å². The van der Waals surface area contributed by atoms with Gasteiger partial charge in [0.1, 0.15) is 12.4 Å². The van der Waals surface area contributed by atoms with Crippen molar-refractivity contribution in [1.82, 2.24) is 30.0 Å². The summed E-state index contributed by atoms with van der Waals surface area (Å²) in [5.41, 5.74) is 4.30. The molecule has 1 aromatic heterocycles. The van der Waals surface area contributed by atoms with Crippen molar-refractivity contribution in [3.05, 3.63) is 95.6 Å². The molecule has 41 heavy (non-hydrogen) atoms. The molecule has 0 radical (unpaired) electrons. The Kier molecular flexibility index (Phi) is 9.03. The highest BCUT2D eigenvalue weighted by Crippen LogP contribution is 2.35. The number of phenolic OH excluding ortho intramolecular Hbond substituents is 1. The molecule has 0 amide bonds. The summed E-state index contributed by atoms with van der Waals surface area (Å²) in [7, 11) is 0. The van der Waals surface area contributed by atoms with Crippen LogP contribution in [0.15, 0.2) is 78.9 Å². The van der Waals surface area contributed by atoms with Crippen molar-refractivity contribution in [3.8, 4) is 17.1 Å². The van der Waals surface area contributed by atoms with Crippen molar-refractivity contribution >= 4 is 5.97 Å². The van der Waals surface area contributed by atoms with Gasteiger partial charge in [-0.25, -0.2) is 4.79 Å². The molecule has 4 aromatic rings. The lowest BCUT2D eigenvalue weighted by Crippen LogP contribution is -2.56. The zero-order valence-electron chi connectivity index (χ0n) is 23.4. The van der Waals surface area contributed by atoms with Gasteiger partial charge in [0.05, 0.1) is 19.2 Å². The average Bonchev–Trinajstić information content (AvgIpc) is 3.44. The first-order valence-corrected chi connectivity index (χ1v) is 13.9. The van der Waals surface area contributed by atoms with E-state index >= 15 is 0 Å². The zero-order valence-corrected chi connectivity index (χ0v) is 23.4. The number of aliphatic carboxylic acids is 1. The predicted octanol–water partition coefficient (Wildman–Crippen LogP) is 3.83. The second-order valence-corrected chi connectivity index (χ2v) is 10.6. The molecule has 0 unspecified atom stereocenters. The molecule has 5 rings (SSSR count). The number of benzene rings is 3. The van der Waals surface area contributed by atoms with Crippen molar-refractivity contribution in [1.29, 1.82) is 0 Å². The van der Waals surface area contributed by atoms with Gasteiger partial charge in [-0.05, 0) is 47.9 Å². The maximum absolute atomic E-state index is 10.6. The summed E-state index contributed by atoms with van der Waals surface area (Å²) >= 11 is 0. The van der Waals surface area contributed by atoms with Crippen molar-refractivity contribution in [2.45, 2.75) is 45.1 Å². The third kappa shape index (κ3) is 7.15. The minimum absolute atomic E-state index is 0.0394. The van der Waals surface area contributed by atoms with Crippen LogP contribution >= 0.6 is 0 Å². The number of rotatable bonds is 11. The number of carboxylic acids is 1. The number of carbonyl (C=O) groups is 1. The first kappa shape index (κ1) is 28.4. The first-order chi connectivity index (χ1) is 19.9. The van der Waals surface area contributed by atoms with Gasteiger partial charge in [-0.3, -0.25) is 9.80 Å². The van der Waals surface area contributed by atoms with E-state index in [4.69, 9.17) is 9.84 Å². The minimum Gasteiger partial charge on any atom is -0.508 e. The zero-order chi connectivity index (χ0) is 28.8. The second-order valence-electron chi connectivity index (χ2n) is 10.6. The number of hydrogen-bond donors (Lipinski definition) is 2. The van der Waals surface area contributed by atoms with Crippen LogP contribution in [-0.2, 0) is 22.6 Å². The van der Waals surface area contributed by atoms with Gasteiger partial charge in [-0.15, -0.1) is 10.2 Å². The van der Waals surface area contributed by atoms with E-state index in [-0.39, 0.29) is 31.0 Å². The maximum atomic E-state index is 10.6. The molecule has 2 heterocycles. The van der Waals surface area contributed by atoms with Gasteiger partial charge >= 0.3 is 5.97 Å². The predicted molar refractivity (Wildman–Crippen MR) is 154 cm³/mol. The molecule has 2 N–H and O–H groups in total. The number of aromatic hydroxyl groups is 1. The number of phenols is 1. The molecule has 10 nitrogen and oxygen atoms in total. The molecule has 1 fully saturated rings. The van der Waals surface area contributed by atoms with Crippen molar-refractivity contribution < 1.29 is 19.7 Å². The molecule has 1 aliphatic heterocycles. The summed E-state index contributed by atoms with van der Waals surface area (Å²) in [5, 5.41) is 31.7. The van der Waals surface area contributed by atoms with Gasteiger partial charge in [0.15, 0.2) is 0 Å². The quantitative estimate of drug-likeness (QED) is 0.266. The van der Waals surface area contributed by atoms with E-state index in [1.807, 2.05) is 24.3 Å². The standard InChI is InChI=1S/C31H36N6O4/c1-22-19-36(23(2)18-35(22)20-24-7-4-3-5-8-24)30(27-9-6-10-28(38)17-27)25-11-13-26(14-12-25)31-32-34-37(33-31)15-16-41-21-29(39)40/h3-14,17,22-23,30,38H,15-16,18-21H2,1-2H3,(H,39,40)/t22-,23+,30-/m1/s1. The Bertz CT molecular complexity index is 1430. The third-order valence-electron chi connectivity index (χ3n) is 7.51. The van der Waals surface area contributed by atoms with Crippen molar-refractivity contribution in [3.63, 3.8) is 0 Å². The van der Waals surface area contributed by atoms with Gasteiger partial charge in [-0.2, -0.15) is 4.80 Å². The summed E-state index contributed by atoms with van der Waals surface area (Å²) in [6, 6.07) is 26.9. The van der Waals surface area contributed by atoms with Crippen LogP contribution in [-0.4, -0.2) is 84.6 Å². The lowest BCUT2D eigenvalue weighted by molar-refractivity contribution is -0.142. The number of ether oxygens (including phenoxy) is 1. The molecular weight excluding hydrogens is 520 g/mol. The topological polar surface area (TPSA) is 117 Å². The van der Waals surface area contributed by atoms with E-state index in [1.165, 1.54) is 10.4 Å². The van der Waals surface area contributed by atoms with Gasteiger partial charge in [0, 0.05) is 37.3 Å². The lowest BCUT2D eigenvalue weighted by atomic mass is 9.92. The fourth-order valence-corrected chi connectivity index (χ4v) is 5.47. The fraction of sp³-hybridized carbons (Fsp3) is 0.355. The van der Waals surface area contributed by atoms with E-state index in [9.17, 15) is 9.90 Å². The Balaban J connectivity index is 1.34. The van der Waals surface area contributed by atoms with Crippen LogP contribution < -0.4 is 0 Å². The minimum atomic E-state index is -1.01. The lowest BCUT2D eigenvalue weighted by Gasteiger charge is -2.47. The number of hydrogen-bond acceptors (Lipinski definition) is 8. The van der Waals surface area contributed by atoms with Gasteiger partial charge in [-0.1, -0.05) is 66.7 Å². The van der Waals surface area contributed by atoms with E-state index in [0.717, 1.165) is 36.3 Å². The van der Waals surface area contributed by atoms with Gasteiger partial charge in [0.2, 0.25) is 5.82 Å². The first-order valence-electron chi connectivity index (χ1n) is 13.9. The number of piperazine rings is 1. The maximum Gasteiger partial charge on any atom is 0.329 e. The Hall–Kier alpha value is -4.12. The Morgan fingerprint density at radius 2 is 1.76 bits per heavy atom. The Morgan fingerprint density at radius 1 is 0.976 bits per heavy atom. The summed E-state index contributed by atoms with van der Waals surface area (Å²) in [5.74, 6) is -0.278. The second kappa shape index (κ2) is 13.0. The van der Waals surface area contributed by atoms with Crippen LogP contribution in [0.25, 0.3) is 11.4 Å². The third-order valence-corrected chi connectivity index (χ3v) is 7.51. The molecule has 1 aliphatic rings. The van der Waals surface area contributed by atoms with Crippen molar-refractivity contribution in [2.75, 3.05) is 26.3 Å². The molecule has 214 valence electrons. The smallest absolute Gasteiger partial charge is 0.329 e. The highest BCUT2D eigenvalue weighted by atomic mass is 16.5. The van der Waals surface area contributed by atoms with Crippen LogP contribution in [0.5, 0.6) is 5.75 Å². The van der Waals surface area contributed by atoms with Gasteiger partial charge in [0.25, 0.3) is 0 Å². The summed E-state index contributed by atoms with van der Waals surface area (Å²) < 4.78 is 5.06. The number of aromatic nitrogens is 4. The van der Waals surface area contributed by atoms with E-state index in [1.54, 1.807) is 6.07 Å². The van der Waals surface area contributed by atoms with Crippen LogP contribution in [0.3, 0.4) is 0 Å². The average molecular weight is 557 g/mol. The van der Waals surface area contributed by atoms with E-state index < -0.39 is 5.97 Å². The highest BCUT2D eigenvalue weighted by molar-refractivity contribution is 5.68. The monoisotopic (exact) mass is 556 g/mol. The van der Waals surface area contributed by atoms with E-state index in [0.29, 0.717) is 18.4 Å². The largest absolute Gasteiger partial charge is 0.508 e. The molecule has 0 bridgehead atoms. The Labute approximate surface area is 239 Å². The fourth-order valence-electron chi connectivity index (χ4n) is 5.47. The molecule has 0 saturated carbocycles. The summed E-state index contributed by atoms with van der Waals surface area (Å²) in [4.78, 5) is 17.1. The molecule has 0 aliphatic carbocycles. The van der Waals surface area contributed by atoms with Crippen LogP contribution in [0.1, 0.15) is 36.6 Å². The number of carboxylic acid groups (broad SMARTS) is 1. The Morgan fingerprint density at radius 3 is 2.49 bits per heavy atom. The van der Waals surface area contributed by atoms with Crippen LogP contribution in [0.2, 0.25) is 0 Å². The normalized spacial score (nSPS) is 18.8. The molecule has 3 aromatic carbocycles. The van der Waals surface area contributed by atoms with Gasteiger partial charge < -0.3 is 14.9 Å². The number of nitrogens with zero attached hydrogens (tertiary/aromatic N) is 6. The molecule has 3 atom stereocenters. The molecule has 10 heteroatoms. The van der Waals surface area contributed by atoms with E-state index in [2.05, 4.69) is 87.6 Å². The summed E-state index contributed by atoms with van der Waals surface area (Å²) in [6.45, 7) is 7.44. The molecule has 1 saturated heterocycles. The van der Waals surface area contributed by atoms with Crippen LogP contribution in [0.4, 0.5) is 0 Å². The SMILES string of the molecule is C[C@@H]1CN([C@H](c2ccc(-c3nnn(CCOCC(=O)O)n3)cc2)c2cccc(O)c2)[C@@H](C)CN1Cc1ccccc1. The summed E-state index contributed by atoms with van der Waals surface area (Å²) in [6.07, 6.45) is 0. The highest BCUT2D eigenvalue weighted by Gasteiger charge is 2.35. The molecule has 0 spiro atoms. The van der Waals surface area contributed by atoms with Crippen LogP contribution in [0, 0.1) is 0 Å². The number of tetrazole rings is 1. The molecular formula is C31H36N6O4.